The zero-order chi connectivity index (χ0) is 16.4. The topological polar surface area (TPSA) is 53.8 Å². The van der Waals surface area contributed by atoms with E-state index in [1.165, 1.54) is 5.56 Å². The molecule has 0 aromatic heterocycles. The van der Waals surface area contributed by atoms with Crippen molar-refractivity contribution < 1.29 is 4.58 Å². The van der Waals surface area contributed by atoms with Crippen molar-refractivity contribution >= 4 is 22.9 Å². The van der Waals surface area contributed by atoms with E-state index < -0.39 is 0 Å². The van der Waals surface area contributed by atoms with E-state index >= 15 is 0 Å². The predicted octanol–water partition coefficient (Wildman–Crippen LogP) is 4.67. The predicted molar refractivity (Wildman–Crippen MR) is 95.4 cm³/mol. The molecule has 4 heteroatoms. The second-order valence-corrected chi connectivity index (χ2v) is 5.68. The molecule has 1 aliphatic rings. The minimum atomic E-state index is 0.796. The Morgan fingerprint density at radius 2 is 1.33 bits per heavy atom. The van der Waals surface area contributed by atoms with Gasteiger partial charge in [0.25, 0.3) is 5.84 Å². The van der Waals surface area contributed by atoms with Gasteiger partial charge >= 0.3 is 0 Å². The molecule has 0 bridgehead atoms. The van der Waals surface area contributed by atoms with Crippen LogP contribution < -0.4 is 5.73 Å². The maximum atomic E-state index is 6.30. The highest BCUT2D eigenvalue weighted by atomic mass is 15.1. The number of amidine groups is 1. The van der Waals surface area contributed by atoms with Crippen LogP contribution >= 0.6 is 0 Å². The molecule has 4 rings (SSSR count). The Labute approximate surface area is 140 Å². The van der Waals surface area contributed by atoms with Gasteiger partial charge in [-0.25, -0.2) is 4.58 Å². The standard InChI is InChI=1S/C20H16N4/c21-20-19-9-5-4-6-15(19)14-24(20)18-12-10-17(11-13-18)23-22-16-7-2-1-3-8-16/h1-13,21H,14H2/p+1. The van der Waals surface area contributed by atoms with Gasteiger partial charge in [0.15, 0.2) is 0 Å². The van der Waals surface area contributed by atoms with Gasteiger partial charge in [-0.1, -0.05) is 36.4 Å². The number of hydrogen-bond acceptors (Lipinski definition) is 3. The maximum Gasteiger partial charge on any atom is 0.280 e. The van der Waals surface area contributed by atoms with E-state index in [4.69, 9.17) is 5.73 Å². The van der Waals surface area contributed by atoms with Gasteiger partial charge in [0.2, 0.25) is 0 Å². The van der Waals surface area contributed by atoms with Crippen LogP contribution in [0.1, 0.15) is 11.1 Å². The van der Waals surface area contributed by atoms with Crippen LogP contribution in [0.5, 0.6) is 0 Å². The smallest absolute Gasteiger partial charge is 0.280 e. The fourth-order valence-corrected chi connectivity index (χ4v) is 2.85. The molecule has 0 aliphatic carbocycles. The Morgan fingerprint density at radius 1 is 0.708 bits per heavy atom. The van der Waals surface area contributed by atoms with E-state index in [0.29, 0.717) is 0 Å². The molecule has 0 radical (unpaired) electrons. The molecule has 0 saturated heterocycles. The van der Waals surface area contributed by atoms with Crippen LogP contribution in [0.15, 0.2) is 89.1 Å². The van der Waals surface area contributed by atoms with Crippen molar-refractivity contribution in [3.05, 3.63) is 90.0 Å². The van der Waals surface area contributed by atoms with Crippen LogP contribution in [-0.4, -0.2) is 10.4 Å². The van der Waals surface area contributed by atoms with Gasteiger partial charge < -0.3 is 0 Å². The Morgan fingerprint density at radius 3 is 2.04 bits per heavy atom. The van der Waals surface area contributed by atoms with Gasteiger partial charge in [-0.3, -0.25) is 5.73 Å². The van der Waals surface area contributed by atoms with E-state index in [9.17, 15) is 0 Å². The van der Waals surface area contributed by atoms with Crippen molar-refractivity contribution in [1.82, 2.24) is 0 Å². The summed E-state index contributed by atoms with van der Waals surface area (Å²) in [5.74, 6) is 0.796. The van der Waals surface area contributed by atoms with Gasteiger partial charge in [-0.05, 0) is 42.5 Å². The molecular formula is C20H17N4+. The summed E-state index contributed by atoms with van der Waals surface area (Å²) in [6, 6.07) is 25.9. The van der Waals surface area contributed by atoms with Gasteiger partial charge in [-0.15, -0.1) is 0 Å². The van der Waals surface area contributed by atoms with Crippen molar-refractivity contribution in [3.8, 4) is 0 Å². The molecule has 2 N–H and O–H groups in total. The molecule has 0 unspecified atom stereocenters. The minimum absolute atomic E-state index is 0.796. The molecule has 3 aromatic carbocycles. The van der Waals surface area contributed by atoms with Crippen LogP contribution in [0, 0.1) is 0 Å². The number of nitrogens with zero attached hydrogens (tertiary/aromatic N) is 3. The van der Waals surface area contributed by atoms with E-state index in [-0.39, 0.29) is 0 Å². The summed E-state index contributed by atoms with van der Waals surface area (Å²) in [5, 5.41) is 8.50. The second kappa shape index (κ2) is 6.08. The highest BCUT2D eigenvalue weighted by Gasteiger charge is 2.25. The van der Waals surface area contributed by atoms with E-state index in [2.05, 4.69) is 26.9 Å². The van der Waals surface area contributed by atoms with Crippen LogP contribution in [0.3, 0.4) is 0 Å². The Hall–Kier alpha value is -3.27. The number of hydrogen-bond donors (Lipinski definition) is 1. The lowest BCUT2D eigenvalue weighted by Crippen LogP contribution is -2.19. The van der Waals surface area contributed by atoms with Crippen molar-refractivity contribution in [3.63, 3.8) is 0 Å². The van der Waals surface area contributed by atoms with Crippen molar-refractivity contribution in [2.24, 2.45) is 16.0 Å². The van der Waals surface area contributed by atoms with Crippen LogP contribution in [0.4, 0.5) is 17.1 Å². The zero-order valence-corrected chi connectivity index (χ0v) is 13.1. The third kappa shape index (κ3) is 2.70. The normalized spacial score (nSPS) is 13.5. The summed E-state index contributed by atoms with van der Waals surface area (Å²) in [6.45, 7) is 0.798. The summed E-state index contributed by atoms with van der Waals surface area (Å²) in [7, 11) is 0. The number of rotatable bonds is 3. The third-order valence-corrected chi connectivity index (χ3v) is 4.11. The van der Waals surface area contributed by atoms with Gasteiger partial charge in [0.05, 0.1) is 16.9 Å². The number of fused-ring (bicyclic) bond motifs is 1. The molecule has 0 fully saturated rings. The largest absolute Gasteiger partial charge is 0.286 e. The summed E-state index contributed by atoms with van der Waals surface area (Å²) >= 11 is 0. The van der Waals surface area contributed by atoms with Crippen LogP contribution in [0.2, 0.25) is 0 Å². The third-order valence-electron chi connectivity index (χ3n) is 4.11. The van der Waals surface area contributed by atoms with E-state index in [1.807, 2.05) is 66.7 Å². The highest BCUT2D eigenvalue weighted by Crippen LogP contribution is 2.26. The number of azo groups is 1. The summed E-state index contributed by atoms with van der Waals surface area (Å²) in [6.07, 6.45) is 0. The maximum absolute atomic E-state index is 6.30. The first-order chi connectivity index (χ1) is 11.8. The first kappa shape index (κ1) is 14.3. The number of nitrogens with two attached hydrogens (primary N) is 1. The first-order valence-electron chi connectivity index (χ1n) is 7.86. The van der Waals surface area contributed by atoms with Crippen LogP contribution in [-0.2, 0) is 6.54 Å². The van der Waals surface area contributed by atoms with E-state index in [0.717, 1.165) is 35.0 Å². The SMILES string of the molecule is NC1=[N+](c2ccc(N=Nc3ccccc3)cc2)Cc2ccccc21. The fourth-order valence-electron chi connectivity index (χ4n) is 2.85. The average molecular weight is 313 g/mol. The highest BCUT2D eigenvalue weighted by molar-refractivity contribution is 5.97. The average Bonchev–Trinajstić information content (AvgIpc) is 2.98. The van der Waals surface area contributed by atoms with Crippen molar-refractivity contribution in [1.29, 1.82) is 0 Å². The molecule has 24 heavy (non-hydrogen) atoms. The van der Waals surface area contributed by atoms with Crippen molar-refractivity contribution in [2.45, 2.75) is 6.54 Å². The monoisotopic (exact) mass is 313 g/mol. The zero-order valence-electron chi connectivity index (χ0n) is 13.1. The van der Waals surface area contributed by atoms with Gasteiger partial charge in [0, 0.05) is 5.56 Å². The summed E-state index contributed by atoms with van der Waals surface area (Å²) in [4.78, 5) is 0. The first-order valence-corrected chi connectivity index (χ1v) is 7.86. The Bertz CT molecular complexity index is 925. The van der Waals surface area contributed by atoms with Gasteiger partial charge in [0.1, 0.15) is 12.2 Å². The lowest BCUT2D eigenvalue weighted by Gasteiger charge is -2.02. The van der Waals surface area contributed by atoms with Crippen LogP contribution in [0.25, 0.3) is 0 Å². The molecule has 3 aromatic rings. The quantitative estimate of drug-likeness (QED) is 0.554. The lowest BCUT2D eigenvalue weighted by molar-refractivity contribution is -0.453. The van der Waals surface area contributed by atoms with Gasteiger partial charge in [-0.2, -0.15) is 10.2 Å². The molecule has 0 spiro atoms. The molecule has 116 valence electrons. The molecule has 1 heterocycles. The lowest BCUT2D eigenvalue weighted by atomic mass is 10.1. The summed E-state index contributed by atoms with van der Waals surface area (Å²) < 4.78 is 2.11. The molecule has 0 atom stereocenters. The second-order valence-electron chi connectivity index (χ2n) is 5.68. The fraction of sp³-hybridized carbons (Fsp3) is 0.0500. The molecular weight excluding hydrogens is 296 g/mol. The molecule has 0 amide bonds. The molecule has 1 aliphatic heterocycles. The molecule has 4 nitrogen and oxygen atoms in total. The minimum Gasteiger partial charge on any atom is -0.286 e. The number of benzene rings is 3. The Kier molecular flexibility index (Phi) is 3.63. The molecule has 0 saturated carbocycles. The Balaban J connectivity index is 1.57. The van der Waals surface area contributed by atoms with E-state index in [1.54, 1.807) is 0 Å². The van der Waals surface area contributed by atoms with Crippen molar-refractivity contribution in [2.75, 3.05) is 0 Å². The summed E-state index contributed by atoms with van der Waals surface area (Å²) in [5.41, 5.74) is 11.4.